The van der Waals surface area contributed by atoms with Gasteiger partial charge in [0, 0.05) is 17.3 Å². The van der Waals surface area contributed by atoms with Gasteiger partial charge in [-0.3, -0.25) is 19.6 Å². The largest absolute Gasteiger partial charge is 0.494 e. The average molecular weight is 488 g/mol. The molecule has 0 radical (unpaired) electrons. The zero-order valence-corrected chi connectivity index (χ0v) is 19.7. The molecule has 0 saturated heterocycles. The summed E-state index contributed by atoms with van der Waals surface area (Å²) in [5.41, 5.74) is 3.36. The van der Waals surface area contributed by atoms with Gasteiger partial charge in [0.25, 0.3) is 5.91 Å². The maximum absolute atomic E-state index is 13.9. The SMILES string of the molecule is COC(=O)Nc1ccc(-n2cnc3c(C)cc(C(=O)N(CC#N)c4ccc(F)c(OC)c4)cc32)cn1. The third-order valence-corrected chi connectivity index (χ3v) is 5.45. The van der Waals surface area contributed by atoms with Crippen LogP contribution in [-0.4, -0.2) is 47.3 Å². The Kier molecular flexibility index (Phi) is 6.78. The van der Waals surface area contributed by atoms with Crippen LogP contribution in [0.4, 0.5) is 20.7 Å². The van der Waals surface area contributed by atoms with E-state index in [0.717, 1.165) is 5.56 Å². The molecule has 4 aromatic rings. The molecule has 0 fully saturated rings. The zero-order valence-electron chi connectivity index (χ0n) is 19.7. The molecular weight excluding hydrogens is 467 g/mol. The molecule has 2 heterocycles. The number of pyridine rings is 1. The standard InChI is InChI=1S/C25H21FN6O4/c1-15-10-16(24(33)31(9-8-27)17-4-6-19(26)21(12-17)35-2)11-20-23(15)29-14-32(20)18-5-7-22(28-13-18)30-25(34)36-3/h4-7,10-14H,9H2,1-3H3,(H,28,30,34). The van der Waals surface area contributed by atoms with Gasteiger partial charge in [-0.15, -0.1) is 0 Å². The van der Waals surface area contributed by atoms with E-state index in [0.29, 0.717) is 33.8 Å². The Morgan fingerprint density at radius 1 is 1.17 bits per heavy atom. The van der Waals surface area contributed by atoms with Crippen molar-refractivity contribution in [3.8, 4) is 17.5 Å². The number of nitriles is 1. The van der Waals surface area contributed by atoms with Crippen LogP contribution in [0.5, 0.6) is 5.75 Å². The van der Waals surface area contributed by atoms with Crippen molar-refractivity contribution in [1.29, 1.82) is 5.26 Å². The Bertz CT molecular complexity index is 1490. The molecule has 0 saturated carbocycles. The molecule has 4 rings (SSSR count). The molecule has 1 N–H and O–H groups in total. The third kappa shape index (κ3) is 4.65. The fourth-order valence-corrected chi connectivity index (χ4v) is 3.70. The molecule has 10 nitrogen and oxygen atoms in total. The maximum atomic E-state index is 13.9. The molecule has 2 amide bonds. The quantitative estimate of drug-likeness (QED) is 0.403. The number of imidazole rings is 1. The molecule has 182 valence electrons. The second-order valence-electron chi connectivity index (χ2n) is 7.66. The van der Waals surface area contributed by atoms with Gasteiger partial charge in [0.15, 0.2) is 11.6 Å². The third-order valence-electron chi connectivity index (χ3n) is 5.45. The highest BCUT2D eigenvalue weighted by atomic mass is 19.1. The summed E-state index contributed by atoms with van der Waals surface area (Å²) in [5.74, 6) is -0.749. The van der Waals surface area contributed by atoms with E-state index in [9.17, 15) is 19.2 Å². The summed E-state index contributed by atoms with van der Waals surface area (Å²) >= 11 is 0. The van der Waals surface area contributed by atoms with E-state index in [1.54, 1.807) is 41.4 Å². The summed E-state index contributed by atoms with van der Waals surface area (Å²) in [5, 5.41) is 11.8. The Morgan fingerprint density at radius 2 is 1.97 bits per heavy atom. The summed E-state index contributed by atoms with van der Waals surface area (Å²) in [4.78, 5) is 34.8. The Balaban J connectivity index is 1.73. The number of nitrogens with one attached hydrogen (secondary N) is 1. The predicted molar refractivity (Wildman–Crippen MR) is 130 cm³/mol. The molecule has 0 aliphatic rings. The number of hydrogen-bond acceptors (Lipinski definition) is 7. The van der Waals surface area contributed by atoms with Gasteiger partial charge in [-0.2, -0.15) is 5.26 Å². The van der Waals surface area contributed by atoms with E-state index in [-0.39, 0.29) is 12.3 Å². The molecule has 0 aliphatic carbocycles. The van der Waals surface area contributed by atoms with Gasteiger partial charge in [0.1, 0.15) is 18.7 Å². The number of ether oxygens (including phenoxy) is 2. The molecule has 0 aliphatic heterocycles. The number of rotatable bonds is 6. The summed E-state index contributed by atoms with van der Waals surface area (Å²) in [6.07, 6.45) is 2.51. The number of aryl methyl sites for hydroxylation is 1. The molecule has 11 heteroatoms. The lowest BCUT2D eigenvalue weighted by Crippen LogP contribution is -2.31. The average Bonchev–Trinajstić information content (AvgIpc) is 3.32. The number of benzene rings is 2. The first-order chi connectivity index (χ1) is 17.4. The van der Waals surface area contributed by atoms with E-state index in [2.05, 4.69) is 20.0 Å². The van der Waals surface area contributed by atoms with Crippen LogP contribution in [0.3, 0.4) is 0 Å². The lowest BCUT2D eigenvalue weighted by Gasteiger charge is -2.21. The number of aromatic nitrogens is 3. The number of fused-ring (bicyclic) bond motifs is 1. The topological polar surface area (TPSA) is 122 Å². The maximum Gasteiger partial charge on any atom is 0.412 e. The van der Waals surface area contributed by atoms with Crippen molar-refractivity contribution in [3.63, 3.8) is 0 Å². The van der Waals surface area contributed by atoms with Gasteiger partial charge < -0.3 is 9.47 Å². The fraction of sp³-hybridized carbons (Fsp3) is 0.160. The van der Waals surface area contributed by atoms with Crippen LogP contribution in [0.25, 0.3) is 16.7 Å². The monoisotopic (exact) mass is 488 g/mol. The first-order valence-corrected chi connectivity index (χ1v) is 10.7. The molecule has 0 spiro atoms. The van der Waals surface area contributed by atoms with Crippen LogP contribution in [0.15, 0.2) is 55.0 Å². The van der Waals surface area contributed by atoms with E-state index >= 15 is 0 Å². The Hall–Kier alpha value is -4.98. The number of anilines is 2. The Morgan fingerprint density at radius 3 is 2.64 bits per heavy atom. The number of carbonyl (C=O) groups is 2. The van der Waals surface area contributed by atoms with Crippen molar-refractivity contribution < 1.29 is 23.5 Å². The molecule has 0 atom stereocenters. The van der Waals surface area contributed by atoms with Crippen molar-refractivity contribution in [2.45, 2.75) is 6.92 Å². The highest BCUT2D eigenvalue weighted by molar-refractivity contribution is 6.08. The second-order valence-corrected chi connectivity index (χ2v) is 7.66. The highest BCUT2D eigenvalue weighted by Gasteiger charge is 2.21. The molecular formula is C25H21FN6O4. The summed E-state index contributed by atoms with van der Waals surface area (Å²) < 4.78 is 25.3. The number of nitrogens with zero attached hydrogens (tertiary/aromatic N) is 5. The predicted octanol–water partition coefficient (Wildman–Crippen LogP) is 4.23. The van der Waals surface area contributed by atoms with Gasteiger partial charge in [-0.05, 0) is 48.9 Å². The van der Waals surface area contributed by atoms with E-state index in [4.69, 9.17) is 4.74 Å². The lowest BCUT2D eigenvalue weighted by molar-refractivity contribution is 0.0990. The van der Waals surface area contributed by atoms with Crippen LogP contribution in [0.2, 0.25) is 0 Å². The minimum atomic E-state index is -0.636. The van der Waals surface area contributed by atoms with Gasteiger partial charge in [-0.25, -0.2) is 19.2 Å². The van der Waals surface area contributed by atoms with Crippen molar-refractivity contribution in [2.75, 3.05) is 31.0 Å². The van der Waals surface area contributed by atoms with Gasteiger partial charge in [0.2, 0.25) is 0 Å². The number of carbonyl (C=O) groups excluding carboxylic acids is 2. The number of halogens is 1. The van der Waals surface area contributed by atoms with E-state index in [1.165, 1.54) is 37.3 Å². The van der Waals surface area contributed by atoms with Gasteiger partial charge in [-0.1, -0.05) is 0 Å². The van der Waals surface area contributed by atoms with Crippen LogP contribution in [0, 0.1) is 24.1 Å². The van der Waals surface area contributed by atoms with Crippen LogP contribution < -0.4 is 15.0 Å². The smallest absolute Gasteiger partial charge is 0.412 e. The van der Waals surface area contributed by atoms with Crippen molar-refractivity contribution in [2.24, 2.45) is 0 Å². The minimum Gasteiger partial charge on any atom is -0.494 e. The molecule has 2 aromatic carbocycles. The van der Waals surface area contributed by atoms with Crippen LogP contribution >= 0.6 is 0 Å². The second kappa shape index (κ2) is 10.1. The molecule has 0 bridgehead atoms. The Labute approximate surface area is 205 Å². The summed E-state index contributed by atoms with van der Waals surface area (Å²) in [6, 6.07) is 12.6. The van der Waals surface area contributed by atoms with Crippen molar-refractivity contribution >= 4 is 34.5 Å². The van der Waals surface area contributed by atoms with Crippen LogP contribution in [0.1, 0.15) is 15.9 Å². The highest BCUT2D eigenvalue weighted by Crippen LogP contribution is 2.28. The minimum absolute atomic E-state index is 0.0365. The molecule has 2 aromatic heterocycles. The number of amides is 2. The zero-order chi connectivity index (χ0) is 25.8. The van der Waals surface area contributed by atoms with Gasteiger partial charge >= 0.3 is 6.09 Å². The van der Waals surface area contributed by atoms with Crippen molar-refractivity contribution in [1.82, 2.24) is 14.5 Å². The lowest BCUT2D eigenvalue weighted by atomic mass is 10.1. The van der Waals surface area contributed by atoms with Gasteiger partial charge in [0.05, 0.1) is 43.2 Å². The summed E-state index contributed by atoms with van der Waals surface area (Å²) in [6.45, 7) is 1.58. The first-order valence-electron chi connectivity index (χ1n) is 10.7. The van der Waals surface area contributed by atoms with E-state index in [1.807, 2.05) is 13.0 Å². The summed E-state index contributed by atoms with van der Waals surface area (Å²) in [7, 11) is 2.58. The number of methoxy groups -OCH3 is 2. The number of hydrogen-bond donors (Lipinski definition) is 1. The van der Waals surface area contributed by atoms with E-state index < -0.39 is 17.8 Å². The normalized spacial score (nSPS) is 10.5. The molecule has 0 unspecified atom stereocenters. The van der Waals surface area contributed by atoms with Crippen molar-refractivity contribution in [3.05, 3.63) is 71.9 Å². The fourth-order valence-electron chi connectivity index (χ4n) is 3.70. The first kappa shape index (κ1) is 24.2. The van der Waals surface area contributed by atoms with Crippen LogP contribution in [-0.2, 0) is 4.74 Å². The molecule has 36 heavy (non-hydrogen) atoms.